The third-order valence-electron chi connectivity index (χ3n) is 4.44. The molecule has 0 bridgehead atoms. The second kappa shape index (κ2) is 10.0. The summed E-state index contributed by atoms with van der Waals surface area (Å²) in [6.45, 7) is 5.91. The Kier molecular flexibility index (Phi) is 7.76. The van der Waals surface area contributed by atoms with Crippen LogP contribution in [-0.4, -0.2) is 37.7 Å². The van der Waals surface area contributed by atoms with Gasteiger partial charge in [-0.15, -0.1) is 0 Å². The summed E-state index contributed by atoms with van der Waals surface area (Å²) in [5.74, 6) is 0.313. The van der Waals surface area contributed by atoms with E-state index in [4.69, 9.17) is 10.1 Å². The highest BCUT2D eigenvalue weighted by Crippen LogP contribution is 2.24. The average molecular weight is 356 g/mol. The van der Waals surface area contributed by atoms with Crippen LogP contribution < -0.4 is 10.6 Å². The molecule has 0 aliphatic carbocycles. The van der Waals surface area contributed by atoms with Crippen molar-refractivity contribution in [3.05, 3.63) is 35.4 Å². The van der Waals surface area contributed by atoms with Crippen LogP contribution in [0.15, 0.2) is 29.4 Å². The smallest absolute Gasteiger partial charge is 0.212 e. The van der Waals surface area contributed by atoms with Crippen molar-refractivity contribution >= 4 is 11.5 Å². The SMILES string of the molecule is CN[C@@H](CC(C)C)C(=O)C(ON=C1CCNCC1)c1cccc(C#N)c1. The third-order valence-corrected chi connectivity index (χ3v) is 4.44. The van der Waals surface area contributed by atoms with E-state index >= 15 is 0 Å². The van der Waals surface area contributed by atoms with Gasteiger partial charge < -0.3 is 15.5 Å². The minimum Gasteiger partial charge on any atom is -0.380 e. The van der Waals surface area contributed by atoms with Gasteiger partial charge in [-0.3, -0.25) is 4.79 Å². The van der Waals surface area contributed by atoms with E-state index in [0.29, 0.717) is 23.5 Å². The Morgan fingerprint density at radius 3 is 2.73 bits per heavy atom. The van der Waals surface area contributed by atoms with Crippen LogP contribution in [0.3, 0.4) is 0 Å². The molecule has 2 N–H and O–H groups in total. The molecule has 6 nitrogen and oxygen atoms in total. The molecule has 6 heteroatoms. The molecule has 1 aliphatic rings. The zero-order valence-corrected chi connectivity index (χ0v) is 15.8. The molecule has 140 valence electrons. The van der Waals surface area contributed by atoms with Gasteiger partial charge in [-0.2, -0.15) is 5.26 Å². The van der Waals surface area contributed by atoms with Gasteiger partial charge in [-0.05, 0) is 31.5 Å². The van der Waals surface area contributed by atoms with Crippen LogP contribution in [0.5, 0.6) is 0 Å². The number of carbonyl (C=O) groups is 1. The Morgan fingerprint density at radius 1 is 1.38 bits per heavy atom. The van der Waals surface area contributed by atoms with Crippen molar-refractivity contribution in [2.45, 2.75) is 45.3 Å². The lowest BCUT2D eigenvalue weighted by molar-refractivity contribution is -0.133. The lowest BCUT2D eigenvalue weighted by Gasteiger charge is -2.23. The van der Waals surface area contributed by atoms with E-state index in [1.54, 1.807) is 25.2 Å². The highest BCUT2D eigenvalue weighted by molar-refractivity contribution is 5.90. The maximum Gasteiger partial charge on any atom is 0.212 e. The van der Waals surface area contributed by atoms with Gasteiger partial charge in [0, 0.05) is 31.5 Å². The quantitative estimate of drug-likeness (QED) is 0.699. The first-order valence-corrected chi connectivity index (χ1v) is 9.18. The summed E-state index contributed by atoms with van der Waals surface area (Å²) in [6, 6.07) is 8.80. The van der Waals surface area contributed by atoms with Gasteiger partial charge >= 0.3 is 0 Å². The van der Waals surface area contributed by atoms with Crippen LogP contribution in [0, 0.1) is 17.2 Å². The molecule has 1 aromatic rings. The number of Topliss-reactive ketones (excluding diaryl/α,β-unsaturated/α-hetero) is 1. The summed E-state index contributed by atoms with van der Waals surface area (Å²) >= 11 is 0. The van der Waals surface area contributed by atoms with E-state index in [0.717, 1.165) is 31.6 Å². The lowest BCUT2D eigenvalue weighted by atomic mass is 9.93. The second-order valence-electron chi connectivity index (χ2n) is 7.00. The van der Waals surface area contributed by atoms with E-state index in [9.17, 15) is 4.79 Å². The molecule has 1 unspecified atom stereocenters. The minimum absolute atomic E-state index is 0.0606. The molecule has 0 aromatic heterocycles. The van der Waals surface area contributed by atoms with Crippen LogP contribution in [0.25, 0.3) is 0 Å². The van der Waals surface area contributed by atoms with Crippen molar-refractivity contribution in [2.24, 2.45) is 11.1 Å². The largest absolute Gasteiger partial charge is 0.380 e. The number of carbonyl (C=O) groups excluding carboxylic acids is 1. The summed E-state index contributed by atoms with van der Waals surface area (Å²) in [6.07, 6.45) is 1.54. The number of nitrogens with zero attached hydrogens (tertiary/aromatic N) is 2. The molecule has 1 saturated heterocycles. The van der Waals surface area contributed by atoms with E-state index < -0.39 is 6.10 Å². The molecule has 1 aromatic carbocycles. The Labute approximate surface area is 155 Å². The monoisotopic (exact) mass is 356 g/mol. The fourth-order valence-corrected chi connectivity index (χ4v) is 3.01. The van der Waals surface area contributed by atoms with Crippen molar-refractivity contribution in [1.29, 1.82) is 5.26 Å². The number of rotatable bonds is 8. The zero-order chi connectivity index (χ0) is 18.9. The third kappa shape index (κ3) is 5.65. The van der Waals surface area contributed by atoms with E-state index in [1.807, 2.05) is 6.07 Å². The van der Waals surface area contributed by atoms with Crippen molar-refractivity contribution in [3.63, 3.8) is 0 Å². The topological polar surface area (TPSA) is 86.5 Å². The first kappa shape index (κ1) is 20.1. The molecule has 0 radical (unpaired) electrons. The zero-order valence-electron chi connectivity index (χ0n) is 15.8. The van der Waals surface area contributed by atoms with Gasteiger partial charge in [0.25, 0.3) is 0 Å². The molecule has 1 heterocycles. The van der Waals surface area contributed by atoms with E-state index in [-0.39, 0.29) is 11.8 Å². The van der Waals surface area contributed by atoms with Crippen LogP contribution in [0.4, 0.5) is 0 Å². The Hall–Kier alpha value is -2.23. The minimum atomic E-state index is -0.818. The number of piperidine rings is 1. The Bertz CT molecular complexity index is 671. The first-order chi connectivity index (χ1) is 12.5. The average Bonchev–Trinajstić information content (AvgIpc) is 2.67. The number of hydrogen-bond donors (Lipinski definition) is 2. The van der Waals surface area contributed by atoms with E-state index in [1.165, 1.54) is 0 Å². The number of benzene rings is 1. The highest BCUT2D eigenvalue weighted by atomic mass is 16.6. The summed E-state index contributed by atoms with van der Waals surface area (Å²) in [4.78, 5) is 18.9. The molecule has 2 atom stereocenters. The molecule has 2 rings (SSSR count). The predicted octanol–water partition coefficient (Wildman–Crippen LogP) is 2.56. The number of oxime groups is 1. The van der Waals surface area contributed by atoms with Crippen LogP contribution in [0.1, 0.15) is 50.3 Å². The summed E-state index contributed by atoms with van der Waals surface area (Å²) in [7, 11) is 1.78. The lowest BCUT2D eigenvalue weighted by Crippen LogP contribution is -2.39. The van der Waals surface area contributed by atoms with Gasteiger partial charge in [-0.25, -0.2) is 0 Å². The molecule has 0 spiro atoms. The van der Waals surface area contributed by atoms with Gasteiger partial charge in [0.05, 0.1) is 23.4 Å². The maximum atomic E-state index is 13.1. The van der Waals surface area contributed by atoms with Crippen molar-refractivity contribution in [2.75, 3.05) is 20.1 Å². The summed E-state index contributed by atoms with van der Waals surface area (Å²) in [5, 5.41) is 19.8. The first-order valence-electron chi connectivity index (χ1n) is 9.18. The number of nitrogens with one attached hydrogen (secondary N) is 2. The number of hydrogen-bond acceptors (Lipinski definition) is 6. The normalized spacial score (nSPS) is 16.7. The summed E-state index contributed by atoms with van der Waals surface area (Å²) in [5.41, 5.74) is 2.13. The molecule has 0 amide bonds. The molecule has 0 saturated carbocycles. The molecule has 1 aliphatic heterocycles. The van der Waals surface area contributed by atoms with Crippen LogP contribution in [-0.2, 0) is 9.63 Å². The highest BCUT2D eigenvalue weighted by Gasteiger charge is 2.30. The van der Waals surface area contributed by atoms with Crippen molar-refractivity contribution < 1.29 is 9.63 Å². The fourth-order valence-electron chi connectivity index (χ4n) is 3.01. The van der Waals surface area contributed by atoms with Crippen molar-refractivity contribution in [3.8, 4) is 6.07 Å². The van der Waals surface area contributed by atoms with Crippen LogP contribution in [0.2, 0.25) is 0 Å². The van der Waals surface area contributed by atoms with Gasteiger partial charge in [0.1, 0.15) is 0 Å². The Balaban J connectivity index is 2.27. The Morgan fingerprint density at radius 2 is 2.12 bits per heavy atom. The second-order valence-corrected chi connectivity index (χ2v) is 7.00. The molecular formula is C20H28N4O2. The van der Waals surface area contributed by atoms with Crippen molar-refractivity contribution in [1.82, 2.24) is 10.6 Å². The van der Waals surface area contributed by atoms with Gasteiger partial charge in [-0.1, -0.05) is 31.1 Å². The molecular weight excluding hydrogens is 328 g/mol. The predicted molar refractivity (Wildman–Crippen MR) is 102 cm³/mol. The van der Waals surface area contributed by atoms with Gasteiger partial charge in [0.15, 0.2) is 5.78 Å². The summed E-state index contributed by atoms with van der Waals surface area (Å²) < 4.78 is 0. The van der Waals surface area contributed by atoms with Gasteiger partial charge in [0.2, 0.25) is 6.10 Å². The number of ketones is 1. The standard InChI is InChI=1S/C20H28N4O2/c1-14(2)11-18(22-3)19(25)20(16-6-4-5-15(12-16)13-21)26-24-17-7-9-23-10-8-17/h4-6,12,14,18,20,22-23H,7-11H2,1-3H3/t18-,20?/m0/s1. The fraction of sp³-hybridized carbons (Fsp3) is 0.550. The molecule has 1 fully saturated rings. The van der Waals surface area contributed by atoms with E-state index in [2.05, 4.69) is 35.7 Å². The number of likely N-dealkylation sites (N-methyl/N-ethyl adjacent to an activating group) is 1. The number of nitriles is 1. The molecule has 26 heavy (non-hydrogen) atoms. The van der Waals surface area contributed by atoms with Crippen LogP contribution >= 0.6 is 0 Å². The maximum absolute atomic E-state index is 13.1.